The molecule has 0 bridgehead atoms. The van der Waals surface area contributed by atoms with Gasteiger partial charge in [0.05, 0.1) is 18.9 Å². The first-order valence-corrected chi connectivity index (χ1v) is 11.6. The maximum Gasteiger partial charge on any atom is 0.259 e. The lowest BCUT2D eigenvalue weighted by molar-refractivity contribution is -0.0585. The second kappa shape index (κ2) is 8.06. The average Bonchev–Trinajstić information content (AvgIpc) is 3.17. The number of pyridine rings is 2. The zero-order chi connectivity index (χ0) is 22.5. The van der Waals surface area contributed by atoms with Crippen molar-refractivity contribution in [3.05, 3.63) is 45.9 Å². The highest BCUT2D eigenvalue weighted by Crippen LogP contribution is 2.56. The van der Waals surface area contributed by atoms with Crippen molar-refractivity contribution >= 4 is 34.0 Å². The molecule has 5 rings (SSSR count). The van der Waals surface area contributed by atoms with Crippen LogP contribution >= 0.6 is 22.9 Å². The Kier molecular flexibility index (Phi) is 5.35. The summed E-state index contributed by atoms with van der Waals surface area (Å²) in [5.41, 5.74) is 2.97. The van der Waals surface area contributed by atoms with Gasteiger partial charge in [-0.3, -0.25) is 15.1 Å². The SMILES string of the molecule is COc1cnc(Cl)cc1-c1cc(C)ncc1C(=O)Nc1nnc(C2CC3(C2)CN(C)C3)s1. The van der Waals surface area contributed by atoms with Crippen molar-refractivity contribution in [2.75, 3.05) is 32.6 Å². The van der Waals surface area contributed by atoms with Gasteiger partial charge in [0.25, 0.3) is 5.91 Å². The molecule has 10 heteroatoms. The number of anilines is 1. The van der Waals surface area contributed by atoms with Crippen LogP contribution in [-0.2, 0) is 0 Å². The molecule has 2 fully saturated rings. The second-order valence-electron chi connectivity index (χ2n) is 8.76. The minimum Gasteiger partial charge on any atom is -0.494 e. The minimum absolute atomic E-state index is 0.309. The molecule has 1 aliphatic carbocycles. The molecule has 1 saturated carbocycles. The van der Waals surface area contributed by atoms with Crippen LogP contribution in [0.15, 0.2) is 24.5 Å². The number of rotatable bonds is 5. The van der Waals surface area contributed by atoms with Gasteiger partial charge in [0, 0.05) is 42.0 Å². The number of aryl methyl sites for hydroxylation is 1. The van der Waals surface area contributed by atoms with E-state index in [4.69, 9.17) is 16.3 Å². The van der Waals surface area contributed by atoms with Crippen LogP contribution in [-0.4, -0.2) is 58.2 Å². The summed E-state index contributed by atoms with van der Waals surface area (Å²) in [4.78, 5) is 23.9. The number of hydrogen-bond acceptors (Lipinski definition) is 8. The molecule has 1 spiro atoms. The summed E-state index contributed by atoms with van der Waals surface area (Å²) in [6, 6.07) is 3.51. The zero-order valence-corrected chi connectivity index (χ0v) is 19.6. The molecule has 0 unspecified atom stereocenters. The highest BCUT2D eigenvalue weighted by molar-refractivity contribution is 7.15. The van der Waals surface area contributed by atoms with Crippen LogP contribution in [0.5, 0.6) is 5.75 Å². The van der Waals surface area contributed by atoms with Gasteiger partial charge in [-0.15, -0.1) is 10.2 Å². The topological polar surface area (TPSA) is 93.1 Å². The van der Waals surface area contributed by atoms with Crippen molar-refractivity contribution in [2.45, 2.75) is 25.7 Å². The van der Waals surface area contributed by atoms with Crippen molar-refractivity contribution in [1.82, 2.24) is 25.1 Å². The molecule has 0 aromatic carbocycles. The molecule has 4 heterocycles. The molecular formula is C22H23ClN6O2S. The van der Waals surface area contributed by atoms with Gasteiger partial charge in [-0.25, -0.2) is 4.98 Å². The third kappa shape index (κ3) is 3.85. The van der Waals surface area contributed by atoms with Crippen molar-refractivity contribution < 1.29 is 9.53 Å². The summed E-state index contributed by atoms with van der Waals surface area (Å²) >= 11 is 7.56. The molecule has 1 N–H and O–H groups in total. The van der Waals surface area contributed by atoms with Crippen molar-refractivity contribution in [3.63, 3.8) is 0 Å². The fraction of sp³-hybridized carbons (Fsp3) is 0.409. The minimum atomic E-state index is -0.309. The third-order valence-corrected chi connectivity index (χ3v) is 7.42. The lowest BCUT2D eigenvalue weighted by Crippen LogP contribution is -2.59. The van der Waals surface area contributed by atoms with Crippen LogP contribution in [0.2, 0.25) is 5.15 Å². The first kappa shape index (κ1) is 21.2. The van der Waals surface area contributed by atoms with E-state index in [9.17, 15) is 4.79 Å². The number of aromatic nitrogens is 4. The van der Waals surface area contributed by atoms with Gasteiger partial charge < -0.3 is 9.64 Å². The van der Waals surface area contributed by atoms with Crippen molar-refractivity contribution in [1.29, 1.82) is 0 Å². The molecule has 0 atom stereocenters. The van der Waals surface area contributed by atoms with E-state index in [0.717, 1.165) is 36.6 Å². The predicted molar refractivity (Wildman–Crippen MR) is 124 cm³/mol. The summed E-state index contributed by atoms with van der Waals surface area (Å²) < 4.78 is 5.44. The molecule has 2 aliphatic rings. The molecule has 1 saturated heterocycles. The quantitative estimate of drug-likeness (QED) is 0.562. The number of methoxy groups -OCH3 is 1. The molecule has 8 nitrogen and oxygen atoms in total. The molecule has 3 aromatic rings. The maximum atomic E-state index is 13.2. The molecule has 1 amide bonds. The van der Waals surface area contributed by atoms with Gasteiger partial charge >= 0.3 is 0 Å². The molecule has 3 aromatic heterocycles. The predicted octanol–water partition coefficient (Wildman–Crippen LogP) is 4.03. The second-order valence-corrected chi connectivity index (χ2v) is 10.2. The number of hydrogen-bond donors (Lipinski definition) is 1. The first-order valence-electron chi connectivity index (χ1n) is 10.4. The average molecular weight is 471 g/mol. The van der Waals surface area contributed by atoms with Crippen LogP contribution in [0.25, 0.3) is 11.1 Å². The number of carbonyl (C=O) groups excluding carboxylic acids is 1. The number of likely N-dealkylation sites (tertiary alicyclic amines) is 1. The lowest BCUT2D eigenvalue weighted by atomic mass is 9.58. The highest BCUT2D eigenvalue weighted by atomic mass is 35.5. The number of nitrogens with zero attached hydrogens (tertiary/aromatic N) is 5. The van der Waals surface area contributed by atoms with Gasteiger partial charge in [0.1, 0.15) is 15.9 Å². The smallest absolute Gasteiger partial charge is 0.259 e. The summed E-state index contributed by atoms with van der Waals surface area (Å²) in [6.45, 7) is 4.19. The van der Waals surface area contributed by atoms with E-state index in [2.05, 4.69) is 37.4 Å². The summed E-state index contributed by atoms with van der Waals surface area (Å²) in [5, 5.41) is 13.2. The molecular weight excluding hydrogens is 448 g/mol. The van der Waals surface area contributed by atoms with E-state index in [1.54, 1.807) is 19.4 Å². The number of ether oxygens (including phenoxy) is 1. The summed E-state index contributed by atoms with van der Waals surface area (Å²) in [5.74, 6) is 0.648. The number of nitrogens with one attached hydrogen (secondary N) is 1. The van der Waals surface area contributed by atoms with Gasteiger partial charge in [-0.2, -0.15) is 0 Å². The monoisotopic (exact) mass is 470 g/mol. The van der Waals surface area contributed by atoms with E-state index in [1.165, 1.54) is 17.5 Å². The maximum absolute atomic E-state index is 13.2. The molecule has 1 aliphatic heterocycles. The largest absolute Gasteiger partial charge is 0.494 e. The van der Waals surface area contributed by atoms with Gasteiger partial charge in [-0.1, -0.05) is 22.9 Å². The number of carbonyl (C=O) groups is 1. The first-order chi connectivity index (χ1) is 15.4. The van der Waals surface area contributed by atoms with Crippen LogP contribution in [0.4, 0.5) is 5.13 Å². The molecule has 32 heavy (non-hydrogen) atoms. The van der Waals surface area contributed by atoms with E-state index in [0.29, 0.717) is 44.1 Å². The van der Waals surface area contributed by atoms with Crippen LogP contribution in [0, 0.1) is 12.3 Å². The lowest BCUT2D eigenvalue weighted by Gasteiger charge is -2.57. The summed E-state index contributed by atoms with van der Waals surface area (Å²) in [7, 11) is 3.71. The Hall–Kier alpha value is -2.62. The van der Waals surface area contributed by atoms with Gasteiger partial charge in [0.15, 0.2) is 0 Å². The van der Waals surface area contributed by atoms with Crippen molar-refractivity contribution in [2.24, 2.45) is 5.41 Å². The standard InChI is InChI=1S/C22H23ClN6O2S/c1-12-4-14(15-5-18(23)25-9-17(15)31-3)16(8-24-12)19(30)26-21-28-27-20(32-21)13-6-22(7-13)10-29(2)11-22/h4-5,8-9,13H,6-7,10-11H2,1-3H3,(H,26,28,30). The Morgan fingerprint density at radius 2 is 2.00 bits per heavy atom. The Bertz CT molecular complexity index is 1180. The normalized spacial score (nSPS) is 17.6. The number of amides is 1. The zero-order valence-electron chi connectivity index (χ0n) is 18.1. The van der Waals surface area contributed by atoms with Gasteiger partial charge in [-0.05, 0) is 44.4 Å². The van der Waals surface area contributed by atoms with E-state index in [-0.39, 0.29) is 5.91 Å². The fourth-order valence-electron chi connectivity index (χ4n) is 4.89. The van der Waals surface area contributed by atoms with E-state index >= 15 is 0 Å². The summed E-state index contributed by atoms with van der Waals surface area (Å²) in [6.07, 6.45) is 5.39. The number of halogens is 1. The van der Waals surface area contributed by atoms with Crippen molar-refractivity contribution in [3.8, 4) is 16.9 Å². The van der Waals surface area contributed by atoms with Crippen LogP contribution in [0.3, 0.4) is 0 Å². The highest BCUT2D eigenvalue weighted by Gasteiger charge is 2.52. The Labute approximate surface area is 195 Å². The van der Waals surface area contributed by atoms with Gasteiger partial charge in [0.2, 0.25) is 5.13 Å². The van der Waals surface area contributed by atoms with Crippen LogP contribution in [0.1, 0.15) is 39.8 Å². The Morgan fingerprint density at radius 1 is 1.22 bits per heavy atom. The van der Waals surface area contributed by atoms with E-state index < -0.39 is 0 Å². The molecule has 166 valence electrons. The third-order valence-electron chi connectivity index (χ3n) is 6.21. The molecule has 0 radical (unpaired) electrons. The van der Waals surface area contributed by atoms with E-state index in [1.807, 2.05) is 13.0 Å². The Balaban J connectivity index is 1.36. The van der Waals surface area contributed by atoms with Crippen LogP contribution < -0.4 is 10.1 Å². The fourth-order valence-corrected chi connectivity index (χ4v) is 5.88. The Morgan fingerprint density at radius 3 is 2.72 bits per heavy atom.